The standard InChI is InChI=1S/C14H26ClN3O2/c1-16(2)14(20)12-17-8-5-9-18(11-10-17)13(19)6-3-4-7-15/h3-12H2,1-2H3. The number of carbonyl (C=O) groups is 2. The summed E-state index contributed by atoms with van der Waals surface area (Å²) in [5, 5.41) is 0. The van der Waals surface area contributed by atoms with Crippen LogP contribution < -0.4 is 0 Å². The van der Waals surface area contributed by atoms with Gasteiger partial charge in [0.2, 0.25) is 11.8 Å². The highest BCUT2D eigenvalue weighted by atomic mass is 35.5. The van der Waals surface area contributed by atoms with Crippen molar-refractivity contribution in [3.8, 4) is 0 Å². The van der Waals surface area contributed by atoms with Crippen LogP contribution in [0.2, 0.25) is 0 Å². The topological polar surface area (TPSA) is 43.9 Å². The first-order valence-electron chi connectivity index (χ1n) is 7.31. The molecule has 6 heteroatoms. The van der Waals surface area contributed by atoms with Crippen LogP contribution in [0.4, 0.5) is 0 Å². The molecule has 0 aromatic carbocycles. The van der Waals surface area contributed by atoms with Crippen LogP contribution in [0.5, 0.6) is 0 Å². The lowest BCUT2D eigenvalue weighted by molar-refractivity contribution is -0.131. The number of likely N-dealkylation sites (N-methyl/N-ethyl adjacent to an activating group) is 1. The van der Waals surface area contributed by atoms with Crippen LogP contribution in [-0.2, 0) is 9.59 Å². The summed E-state index contributed by atoms with van der Waals surface area (Å²) in [5.41, 5.74) is 0. The van der Waals surface area contributed by atoms with Gasteiger partial charge in [-0.05, 0) is 19.3 Å². The minimum atomic E-state index is 0.117. The average Bonchev–Trinajstić information content (AvgIpc) is 2.64. The lowest BCUT2D eigenvalue weighted by Gasteiger charge is -2.22. The van der Waals surface area contributed by atoms with E-state index >= 15 is 0 Å². The third-order valence-corrected chi connectivity index (χ3v) is 3.84. The summed E-state index contributed by atoms with van der Waals surface area (Å²) in [4.78, 5) is 29.4. The zero-order valence-corrected chi connectivity index (χ0v) is 13.4. The van der Waals surface area contributed by atoms with Gasteiger partial charge in [0.15, 0.2) is 0 Å². The molecule has 0 spiro atoms. The van der Waals surface area contributed by atoms with Gasteiger partial charge >= 0.3 is 0 Å². The van der Waals surface area contributed by atoms with Crippen molar-refractivity contribution in [2.24, 2.45) is 0 Å². The van der Waals surface area contributed by atoms with Gasteiger partial charge in [0.25, 0.3) is 0 Å². The van der Waals surface area contributed by atoms with Gasteiger partial charge in [-0.25, -0.2) is 0 Å². The predicted molar refractivity (Wildman–Crippen MR) is 80.9 cm³/mol. The molecular formula is C14H26ClN3O2. The molecule has 1 rings (SSSR count). The second kappa shape index (κ2) is 9.19. The van der Waals surface area contributed by atoms with Crippen LogP contribution in [0, 0.1) is 0 Å². The number of amides is 2. The molecule has 0 aromatic heterocycles. The van der Waals surface area contributed by atoms with Gasteiger partial charge in [-0.3, -0.25) is 14.5 Å². The summed E-state index contributed by atoms with van der Waals surface area (Å²) >= 11 is 5.62. The molecule has 1 aliphatic rings. The van der Waals surface area contributed by atoms with E-state index in [2.05, 4.69) is 4.90 Å². The fourth-order valence-electron chi connectivity index (χ4n) is 2.24. The second-order valence-electron chi connectivity index (χ2n) is 5.44. The molecule has 0 aliphatic carbocycles. The second-order valence-corrected chi connectivity index (χ2v) is 5.82. The molecule has 1 saturated heterocycles. The van der Waals surface area contributed by atoms with Crippen LogP contribution in [-0.4, -0.2) is 79.2 Å². The zero-order valence-electron chi connectivity index (χ0n) is 12.6. The van der Waals surface area contributed by atoms with E-state index in [4.69, 9.17) is 11.6 Å². The Morgan fingerprint density at radius 1 is 1.10 bits per heavy atom. The van der Waals surface area contributed by atoms with Gasteiger partial charge in [-0.15, -0.1) is 11.6 Å². The highest BCUT2D eigenvalue weighted by Crippen LogP contribution is 2.07. The number of hydrogen-bond donors (Lipinski definition) is 0. The third kappa shape index (κ3) is 6.09. The van der Waals surface area contributed by atoms with Gasteiger partial charge in [0.05, 0.1) is 6.54 Å². The third-order valence-electron chi connectivity index (χ3n) is 3.57. The molecule has 0 unspecified atom stereocenters. The molecule has 0 radical (unpaired) electrons. The fraction of sp³-hybridized carbons (Fsp3) is 0.857. The van der Waals surface area contributed by atoms with Gasteiger partial charge < -0.3 is 9.80 Å². The van der Waals surface area contributed by atoms with E-state index in [0.29, 0.717) is 18.8 Å². The van der Waals surface area contributed by atoms with E-state index in [0.717, 1.165) is 45.4 Å². The van der Waals surface area contributed by atoms with Crippen molar-refractivity contribution >= 4 is 23.4 Å². The molecule has 5 nitrogen and oxygen atoms in total. The van der Waals surface area contributed by atoms with E-state index in [1.165, 1.54) is 0 Å². The molecular weight excluding hydrogens is 278 g/mol. The summed E-state index contributed by atoms with van der Waals surface area (Å²) in [6.45, 7) is 3.62. The normalized spacial score (nSPS) is 16.9. The van der Waals surface area contributed by atoms with Crippen molar-refractivity contribution in [1.82, 2.24) is 14.7 Å². The Hall–Kier alpha value is -0.810. The first-order valence-corrected chi connectivity index (χ1v) is 7.84. The molecule has 0 N–H and O–H groups in total. The highest BCUT2D eigenvalue weighted by Gasteiger charge is 2.20. The van der Waals surface area contributed by atoms with Crippen molar-refractivity contribution in [3.05, 3.63) is 0 Å². The Labute approximate surface area is 126 Å². The minimum absolute atomic E-state index is 0.117. The summed E-state index contributed by atoms with van der Waals surface area (Å²) < 4.78 is 0. The highest BCUT2D eigenvalue weighted by molar-refractivity contribution is 6.17. The van der Waals surface area contributed by atoms with Gasteiger partial charge in [-0.2, -0.15) is 0 Å². The van der Waals surface area contributed by atoms with Crippen LogP contribution in [0.15, 0.2) is 0 Å². The number of alkyl halides is 1. The van der Waals surface area contributed by atoms with Crippen LogP contribution in [0.1, 0.15) is 25.7 Å². The first kappa shape index (κ1) is 17.2. The van der Waals surface area contributed by atoms with Crippen molar-refractivity contribution in [3.63, 3.8) is 0 Å². The molecule has 1 heterocycles. The van der Waals surface area contributed by atoms with Crippen molar-refractivity contribution in [2.75, 3.05) is 52.7 Å². The lowest BCUT2D eigenvalue weighted by atomic mass is 10.2. The smallest absolute Gasteiger partial charge is 0.236 e. The Bertz CT molecular complexity index is 324. The maximum atomic E-state index is 12.1. The molecule has 20 heavy (non-hydrogen) atoms. The van der Waals surface area contributed by atoms with E-state index < -0.39 is 0 Å². The van der Waals surface area contributed by atoms with Crippen molar-refractivity contribution in [1.29, 1.82) is 0 Å². The van der Waals surface area contributed by atoms with Crippen LogP contribution >= 0.6 is 11.6 Å². The Morgan fingerprint density at radius 2 is 1.85 bits per heavy atom. The maximum Gasteiger partial charge on any atom is 0.236 e. The first-order chi connectivity index (χ1) is 9.54. The van der Waals surface area contributed by atoms with E-state index in [1.807, 2.05) is 4.90 Å². The largest absolute Gasteiger partial charge is 0.348 e. The molecule has 2 amide bonds. The molecule has 0 atom stereocenters. The number of halogens is 1. The zero-order chi connectivity index (χ0) is 15.0. The SMILES string of the molecule is CN(C)C(=O)CN1CCCN(C(=O)CCCCCl)CC1. The lowest BCUT2D eigenvalue weighted by Crippen LogP contribution is -2.39. The van der Waals surface area contributed by atoms with Gasteiger partial charge in [0.1, 0.15) is 0 Å². The number of unbranched alkanes of at least 4 members (excludes halogenated alkanes) is 1. The van der Waals surface area contributed by atoms with Gasteiger partial charge in [0, 0.05) is 52.6 Å². The minimum Gasteiger partial charge on any atom is -0.348 e. The monoisotopic (exact) mass is 303 g/mol. The van der Waals surface area contributed by atoms with Crippen molar-refractivity contribution < 1.29 is 9.59 Å². The summed E-state index contributed by atoms with van der Waals surface area (Å²) in [6, 6.07) is 0. The molecule has 0 aromatic rings. The molecule has 116 valence electrons. The molecule has 0 saturated carbocycles. The summed E-state index contributed by atoms with van der Waals surface area (Å²) in [7, 11) is 3.54. The van der Waals surface area contributed by atoms with Crippen LogP contribution in [0.3, 0.4) is 0 Å². The number of nitrogens with zero attached hydrogens (tertiary/aromatic N) is 3. The van der Waals surface area contributed by atoms with Crippen molar-refractivity contribution in [2.45, 2.75) is 25.7 Å². The van der Waals surface area contributed by atoms with E-state index in [-0.39, 0.29) is 11.8 Å². The Morgan fingerprint density at radius 3 is 2.50 bits per heavy atom. The van der Waals surface area contributed by atoms with E-state index in [9.17, 15) is 9.59 Å². The van der Waals surface area contributed by atoms with E-state index in [1.54, 1.807) is 19.0 Å². The average molecular weight is 304 g/mol. The quantitative estimate of drug-likeness (QED) is 0.543. The number of hydrogen-bond acceptors (Lipinski definition) is 3. The number of rotatable bonds is 6. The van der Waals surface area contributed by atoms with Gasteiger partial charge in [-0.1, -0.05) is 0 Å². The fourth-order valence-corrected chi connectivity index (χ4v) is 2.43. The predicted octanol–water partition coefficient (Wildman–Crippen LogP) is 1.02. The Balaban J connectivity index is 2.35. The summed E-state index contributed by atoms with van der Waals surface area (Å²) in [6.07, 6.45) is 3.28. The molecule has 1 aliphatic heterocycles. The van der Waals surface area contributed by atoms with Crippen LogP contribution in [0.25, 0.3) is 0 Å². The number of carbonyl (C=O) groups excluding carboxylic acids is 2. The molecule has 0 bridgehead atoms. The maximum absolute atomic E-state index is 12.1. The summed E-state index contributed by atoms with van der Waals surface area (Å²) in [5.74, 6) is 0.955. The Kier molecular flexibility index (Phi) is 7.92. The molecule has 1 fully saturated rings.